The van der Waals surface area contributed by atoms with Crippen LogP contribution in [0.25, 0.3) is 0 Å². The number of halogens is 1. The van der Waals surface area contributed by atoms with E-state index in [4.69, 9.17) is 22.6 Å². The quantitative estimate of drug-likeness (QED) is 0.932. The Morgan fingerprint density at radius 3 is 2.83 bits per heavy atom. The van der Waals surface area contributed by atoms with E-state index in [-0.39, 0.29) is 12.1 Å². The molecule has 2 aromatic heterocycles. The fraction of sp³-hybridized carbons (Fsp3) is 0.308. The first-order valence-electron chi connectivity index (χ1n) is 5.75. The van der Waals surface area contributed by atoms with E-state index in [1.807, 2.05) is 35.9 Å². The zero-order valence-electron chi connectivity index (χ0n) is 10.0. The molecule has 5 heteroatoms. The third-order valence-corrected chi connectivity index (χ3v) is 4.26. The lowest BCUT2D eigenvalue weighted by Gasteiger charge is -2.24. The predicted molar refractivity (Wildman–Crippen MR) is 74.9 cm³/mol. The summed E-state index contributed by atoms with van der Waals surface area (Å²) in [5.41, 5.74) is 6.83. The van der Waals surface area contributed by atoms with Gasteiger partial charge >= 0.3 is 0 Å². The Hall–Kier alpha value is -1.28. The second kappa shape index (κ2) is 5.57. The lowest BCUT2D eigenvalue weighted by atomic mass is 10.0. The zero-order valence-corrected chi connectivity index (χ0v) is 11.6. The Bertz CT molecular complexity index is 567. The number of hydrogen-bond acceptors (Lipinski definition) is 3. The number of thiophene rings is 1. The van der Waals surface area contributed by atoms with E-state index in [2.05, 4.69) is 6.07 Å². The summed E-state index contributed by atoms with van der Waals surface area (Å²) >= 11 is 7.50. The van der Waals surface area contributed by atoms with Crippen molar-refractivity contribution in [1.29, 1.82) is 5.26 Å². The van der Waals surface area contributed by atoms with Gasteiger partial charge in [0, 0.05) is 17.1 Å². The van der Waals surface area contributed by atoms with Crippen LogP contribution in [0.1, 0.15) is 30.0 Å². The van der Waals surface area contributed by atoms with Crippen molar-refractivity contribution in [2.24, 2.45) is 5.73 Å². The van der Waals surface area contributed by atoms with Gasteiger partial charge in [0.25, 0.3) is 0 Å². The molecule has 94 valence electrons. The van der Waals surface area contributed by atoms with Gasteiger partial charge in [-0.3, -0.25) is 0 Å². The van der Waals surface area contributed by atoms with Gasteiger partial charge in [0.1, 0.15) is 11.8 Å². The van der Waals surface area contributed by atoms with Gasteiger partial charge < -0.3 is 10.3 Å². The lowest BCUT2D eigenvalue weighted by molar-refractivity contribution is 0.463. The molecule has 0 bridgehead atoms. The first-order chi connectivity index (χ1) is 8.67. The minimum absolute atomic E-state index is 0.0304. The molecule has 0 saturated carbocycles. The van der Waals surface area contributed by atoms with Crippen LogP contribution in [-0.4, -0.2) is 10.6 Å². The molecular formula is C13H14ClN3S. The molecule has 2 atom stereocenters. The molecule has 2 heterocycles. The zero-order chi connectivity index (χ0) is 13.1. The van der Waals surface area contributed by atoms with E-state index in [1.54, 1.807) is 6.07 Å². The van der Waals surface area contributed by atoms with E-state index in [0.717, 1.165) is 15.6 Å². The second-order valence-corrected chi connectivity index (χ2v) is 5.82. The van der Waals surface area contributed by atoms with Crippen molar-refractivity contribution in [2.45, 2.75) is 25.4 Å². The number of hydrogen-bond donors (Lipinski definition) is 1. The summed E-state index contributed by atoms with van der Waals surface area (Å²) in [5.74, 6) is 0. The third-order valence-electron chi connectivity index (χ3n) is 2.96. The van der Waals surface area contributed by atoms with Crippen molar-refractivity contribution in [2.75, 3.05) is 0 Å². The van der Waals surface area contributed by atoms with Crippen LogP contribution in [0.3, 0.4) is 0 Å². The summed E-state index contributed by atoms with van der Waals surface area (Å²) in [6, 6.07) is 9.63. The van der Waals surface area contributed by atoms with Gasteiger partial charge in [-0.25, -0.2) is 0 Å². The van der Waals surface area contributed by atoms with Crippen molar-refractivity contribution in [3.63, 3.8) is 0 Å². The smallest absolute Gasteiger partial charge is 0.120 e. The van der Waals surface area contributed by atoms with E-state index in [9.17, 15) is 0 Å². The third kappa shape index (κ3) is 2.44. The van der Waals surface area contributed by atoms with Gasteiger partial charge in [-0.1, -0.05) is 18.5 Å². The monoisotopic (exact) mass is 279 g/mol. The molecule has 3 nitrogen and oxygen atoms in total. The maximum atomic E-state index is 9.13. The van der Waals surface area contributed by atoms with Crippen LogP contribution in [0, 0.1) is 11.3 Å². The molecule has 18 heavy (non-hydrogen) atoms. The Kier molecular flexibility index (Phi) is 4.07. The summed E-state index contributed by atoms with van der Waals surface area (Å²) in [6.07, 6.45) is 2.73. The average molecular weight is 280 g/mol. The number of nitriles is 1. The van der Waals surface area contributed by atoms with Crippen molar-refractivity contribution >= 4 is 22.9 Å². The lowest BCUT2D eigenvalue weighted by Crippen LogP contribution is -2.32. The van der Waals surface area contributed by atoms with Crippen LogP contribution >= 0.6 is 22.9 Å². The van der Waals surface area contributed by atoms with Gasteiger partial charge in [0.15, 0.2) is 0 Å². The van der Waals surface area contributed by atoms with Crippen molar-refractivity contribution in [3.05, 3.63) is 45.4 Å². The van der Waals surface area contributed by atoms with E-state index in [1.165, 1.54) is 11.3 Å². The Labute approximate surface area is 115 Å². The maximum absolute atomic E-state index is 9.13. The highest BCUT2D eigenvalue weighted by Gasteiger charge is 2.23. The molecule has 2 unspecified atom stereocenters. The summed E-state index contributed by atoms with van der Waals surface area (Å²) in [7, 11) is 0. The fourth-order valence-electron chi connectivity index (χ4n) is 2.00. The van der Waals surface area contributed by atoms with Gasteiger partial charge in [0.05, 0.1) is 10.4 Å². The summed E-state index contributed by atoms with van der Waals surface area (Å²) < 4.78 is 2.67. The molecule has 2 N–H and O–H groups in total. The Balaban J connectivity index is 2.47. The minimum atomic E-state index is -0.0424. The van der Waals surface area contributed by atoms with Crippen LogP contribution < -0.4 is 5.73 Å². The minimum Gasteiger partial charge on any atom is -0.330 e. The highest BCUT2D eigenvalue weighted by atomic mass is 35.5. The molecule has 0 aliphatic heterocycles. The van der Waals surface area contributed by atoms with E-state index in [0.29, 0.717) is 5.69 Å². The second-order valence-electron chi connectivity index (χ2n) is 4.07. The molecule has 2 rings (SSSR count). The van der Waals surface area contributed by atoms with Crippen LogP contribution in [0.15, 0.2) is 30.5 Å². The average Bonchev–Trinajstić information content (AvgIpc) is 2.99. The van der Waals surface area contributed by atoms with E-state index >= 15 is 0 Å². The van der Waals surface area contributed by atoms with Crippen LogP contribution in [0.5, 0.6) is 0 Å². The molecule has 0 radical (unpaired) electrons. The fourth-order valence-corrected chi connectivity index (χ4v) is 3.23. The number of nitrogens with zero attached hydrogens (tertiary/aromatic N) is 2. The number of nitrogens with two attached hydrogens (primary N) is 1. The summed E-state index contributed by atoms with van der Waals surface area (Å²) in [5, 5.41) is 9.13. The molecular weight excluding hydrogens is 266 g/mol. The normalized spacial score (nSPS) is 14.1. The number of rotatable bonds is 4. The van der Waals surface area contributed by atoms with Gasteiger partial charge in [-0.2, -0.15) is 5.26 Å². The molecule has 2 aromatic rings. The van der Waals surface area contributed by atoms with Gasteiger partial charge in [0.2, 0.25) is 0 Å². The molecule has 0 aliphatic rings. The summed E-state index contributed by atoms with van der Waals surface area (Å²) in [4.78, 5) is 1.09. The number of aromatic nitrogens is 1. The molecule has 0 aromatic carbocycles. The molecule has 0 amide bonds. The summed E-state index contributed by atoms with van der Waals surface area (Å²) in [6.45, 7) is 2.04. The van der Waals surface area contributed by atoms with Crippen molar-refractivity contribution in [3.8, 4) is 6.07 Å². The molecule has 0 fully saturated rings. The van der Waals surface area contributed by atoms with Crippen molar-refractivity contribution < 1.29 is 0 Å². The van der Waals surface area contributed by atoms with E-state index < -0.39 is 0 Å². The van der Waals surface area contributed by atoms with Crippen molar-refractivity contribution in [1.82, 2.24) is 4.57 Å². The van der Waals surface area contributed by atoms with Crippen LogP contribution in [0.2, 0.25) is 4.34 Å². The van der Waals surface area contributed by atoms with Gasteiger partial charge in [-0.15, -0.1) is 11.3 Å². The predicted octanol–water partition coefficient (Wildman–Crippen LogP) is 3.40. The first kappa shape index (κ1) is 13.2. The first-order valence-corrected chi connectivity index (χ1v) is 6.94. The standard InChI is InChI=1S/C13H14ClN3S/c1-2-10(16)13(11-5-6-12(14)18-11)17-7-3-4-9(17)8-15/h3-7,10,13H,2,16H2,1H3. The molecule has 0 aliphatic carbocycles. The Morgan fingerprint density at radius 2 is 2.28 bits per heavy atom. The molecule has 0 spiro atoms. The van der Waals surface area contributed by atoms with Crippen LogP contribution in [-0.2, 0) is 0 Å². The largest absolute Gasteiger partial charge is 0.330 e. The SMILES string of the molecule is CCC(N)C(c1ccc(Cl)s1)n1cccc1C#N. The topological polar surface area (TPSA) is 54.7 Å². The maximum Gasteiger partial charge on any atom is 0.120 e. The highest BCUT2D eigenvalue weighted by molar-refractivity contribution is 7.16. The van der Waals surface area contributed by atoms with Crippen LogP contribution in [0.4, 0.5) is 0 Å². The Morgan fingerprint density at radius 1 is 1.50 bits per heavy atom. The highest BCUT2D eigenvalue weighted by Crippen LogP contribution is 2.32. The van der Waals surface area contributed by atoms with Gasteiger partial charge in [-0.05, 0) is 30.7 Å². The molecule has 0 saturated heterocycles.